The van der Waals surface area contributed by atoms with Gasteiger partial charge in [-0.1, -0.05) is 41.9 Å². The minimum absolute atomic E-state index is 0.730. The van der Waals surface area contributed by atoms with Crippen LogP contribution < -0.4 is 5.32 Å². The van der Waals surface area contributed by atoms with Crippen LogP contribution in [-0.2, 0) is 6.54 Å². The number of hydrogen-bond donors (Lipinski definition) is 1. The van der Waals surface area contributed by atoms with Crippen molar-refractivity contribution in [3.8, 4) is 0 Å². The minimum atomic E-state index is 0.730. The lowest BCUT2D eigenvalue weighted by Crippen LogP contribution is -2.02. The summed E-state index contributed by atoms with van der Waals surface area (Å²) >= 11 is 6.24. The van der Waals surface area contributed by atoms with Crippen molar-refractivity contribution in [3.05, 3.63) is 70.9 Å². The van der Waals surface area contributed by atoms with Gasteiger partial charge in [0.1, 0.15) is 0 Å². The van der Waals surface area contributed by atoms with E-state index in [0.717, 1.165) is 28.3 Å². The molecule has 0 aliphatic rings. The highest BCUT2D eigenvalue weighted by Gasteiger charge is 2.05. The number of nitrogens with one attached hydrogen (secondary N) is 1. The van der Waals surface area contributed by atoms with Crippen LogP contribution in [0, 0.1) is 6.92 Å². The SMILES string of the molecule is Cc1cccc(Cl)c1NCc1ccnc2ccccc12. The van der Waals surface area contributed by atoms with Crippen LogP contribution in [0.5, 0.6) is 0 Å². The highest BCUT2D eigenvalue weighted by Crippen LogP contribution is 2.26. The van der Waals surface area contributed by atoms with Crippen LogP contribution in [0.25, 0.3) is 10.9 Å². The van der Waals surface area contributed by atoms with Gasteiger partial charge < -0.3 is 5.32 Å². The largest absolute Gasteiger partial charge is 0.380 e. The average Bonchev–Trinajstić information content (AvgIpc) is 2.47. The number of aryl methyl sites for hydroxylation is 1. The molecule has 2 aromatic carbocycles. The number of rotatable bonds is 3. The van der Waals surface area contributed by atoms with Gasteiger partial charge >= 0.3 is 0 Å². The zero-order valence-corrected chi connectivity index (χ0v) is 12.0. The summed E-state index contributed by atoms with van der Waals surface area (Å²) in [5, 5.41) is 5.36. The second-order valence-electron chi connectivity index (χ2n) is 4.77. The molecule has 0 radical (unpaired) electrons. The van der Waals surface area contributed by atoms with Crippen molar-refractivity contribution in [2.75, 3.05) is 5.32 Å². The first-order chi connectivity index (χ1) is 9.75. The van der Waals surface area contributed by atoms with E-state index in [4.69, 9.17) is 11.6 Å². The number of pyridine rings is 1. The lowest BCUT2D eigenvalue weighted by molar-refractivity contribution is 1.15. The Morgan fingerprint density at radius 3 is 2.75 bits per heavy atom. The third-order valence-corrected chi connectivity index (χ3v) is 3.73. The number of para-hydroxylation sites is 2. The Morgan fingerprint density at radius 2 is 1.90 bits per heavy atom. The van der Waals surface area contributed by atoms with Gasteiger partial charge in [-0.05, 0) is 36.2 Å². The maximum absolute atomic E-state index is 6.24. The van der Waals surface area contributed by atoms with Gasteiger partial charge in [-0.15, -0.1) is 0 Å². The zero-order valence-electron chi connectivity index (χ0n) is 11.2. The predicted molar refractivity (Wildman–Crippen MR) is 85.3 cm³/mol. The summed E-state index contributed by atoms with van der Waals surface area (Å²) in [4.78, 5) is 4.38. The van der Waals surface area contributed by atoms with Crippen molar-refractivity contribution in [2.45, 2.75) is 13.5 Å². The van der Waals surface area contributed by atoms with Crippen molar-refractivity contribution in [1.29, 1.82) is 0 Å². The second kappa shape index (κ2) is 5.51. The number of aromatic nitrogens is 1. The molecule has 100 valence electrons. The third kappa shape index (κ3) is 2.47. The van der Waals surface area contributed by atoms with Gasteiger partial charge in [-0.25, -0.2) is 0 Å². The molecule has 0 aliphatic carbocycles. The van der Waals surface area contributed by atoms with E-state index in [-0.39, 0.29) is 0 Å². The molecule has 3 aromatic rings. The molecule has 0 spiro atoms. The third-order valence-electron chi connectivity index (χ3n) is 3.42. The van der Waals surface area contributed by atoms with Crippen molar-refractivity contribution in [1.82, 2.24) is 4.98 Å². The summed E-state index contributed by atoms with van der Waals surface area (Å²) in [7, 11) is 0. The fourth-order valence-electron chi connectivity index (χ4n) is 2.35. The number of halogens is 1. The van der Waals surface area contributed by atoms with Gasteiger partial charge in [0, 0.05) is 18.1 Å². The number of anilines is 1. The number of benzene rings is 2. The summed E-state index contributed by atoms with van der Waals surface area (Å²) in [6, 6.07) is 16.1. The van der Waals surface area contributed by atoms with Crippen LogP contribution in [0.15, 0.2) is 54.7 Å². The molecule has 3 rings (SSSR count). The lowest BCUT2D eigenvalue weighted by atomic mass is 10.1. The van der Waals surface area contributed by atoms with Crippen molar-refractivity contribution < 1.29 is 0 Å². The quantitative estimate of drug-likeness (QED) is 0.746. The molecule has 0 saturated heterocycles. The van der Waals surface area contributed by atoms with Gasteiger partial charge in [-0.3, -0.25) is 4.98 Å². The first-order valence-corrected chi connectivity index (χ1v) is 6.95. The van der Waals surface area contributed by atoms with Crippen molar-refractivity contribution in [2.24, 2.45) is 0 Å². The Labute approximate surface area is 123 Å². The Kier molecular flexibility index (Phi) is 3.57. The van der Waals surface area contributed by atoms with Gasteiger partial charge in [-0.2, -0.15) is 0 Å². The van der Waals surface area contributed by atoms with Crippen LogP contribution in [0.2, 0.25) is 5.02 Å². The normalized spacial score (nSPS) is 10.7. The molecular formula is C17H15ClN2. The molecule has 1 heterocycles. The Balaban J connectivity index is 1.91. The Hall–Kier alpha value is -2.06. The molecule has 3 heteroatoms. The average molecular weight is 283 g/mol. The molecule has 1 N–H and O–H groups in total. The van der Waals surface area contributed by atoms with Gasteiger partial charge in [0.05, 0.1) is 16.2 Å². The molecule has 0 aliphatic heterocycles. The molecule has 0 unspecified atom stereocenters. The summed E-state index contributed by atoms with van der Waals surface area (Å²) < 4.78 is 0. The first kappa shape index (κ1) is 12.9. The van der Waals surface area contributed by atoms with E-state index in [1.165, 1.54) is 10.9 Å². The van der Waals surface area contributed by atoms with E-state index in [0.29, 0.717) is 0 Å². The van der Waals surface area contributed by atoms with E-state index < -0.39 is 0 Å². The molecule has 0 atom stereocenters. The summed E-state index contributed by atoms with van der Waals surface area (Å²) in [5.74, 6) is 0. The van der Waals surface area contributed by atoms with E-state index in [9.17, 15) is 0 Å². The van der Waals surface area contributed by atoms with E-state index in [2.05, 4.69) is 29.4 Å². The van der Waals surface area contributed by atoms with E-state index in [1.54, 1.807) is 0 Å². The topological polar surface area (TPSA) is 24.9 Å². The maximum Gasteiger partial charge on any atom is 0.0705 e. The second-order valence-corrected chi connectivity index (χ2v) is 5.18. The standard InChI is InChI=1S/C17H15ClN2/c1-12-5-4-7-15(18)17(12)20-11-13-9-10-19-16-8-3-2-6-14(13)16/h2-10,20H,11H2,1H3. The summed E-state index contributed by atoms with van der Waals surface area (Å²) in [5.41, 5.74) is 4.38. The molecule has 0 bridgehead atoms. The molecule has 0 saturated carbocycles. The monoisotopic (exact) mass is 282 g/mol. The molecule has 1 aromatic heterocycles. The minimum Gasteiger partial charge on any atom is -0.380 e. The van der Waals surface area contributed by atoms with Crippen molar-refractivity contribution in [3.63, 3.8) is 0 Å². The van der Waals surface area contributed by atoms with Crippen LogP contribution in [0.3, 0.4) is 0 Å². The smallest absolute Gasteiger partial charge is 0.0705 e. The van der Waals surface area contributed by atoms with Crippen LogP contribution >= 0.6 is 11.6 Å². The Bertz CT molecular complexity index is 727. The zero-order chi connectivity index (χ0) is 13.9. The van der Waals surface area contributed by atoms with Crippen LogP contribution in [-0.4, -0.2) is 4.98 Å². The summed E-state index contributed by atoms with van der Waals surface area (Å²) in [6.07, 6.45) is 1.85. The molecule has 0 fully saturated rings. The number of nitrogens with zero attached hydrogens (tertiary/aromatic N) is 1. The van der Waals surface area contributed by atoms with Gasteiger partial charge in [0.15, 0.2) is 0 Å². The molecule has 0 amide bonds. The van der Waals surface area contributed by atoms with Gasteiger partial charge in [0.25, 0.3) is 0 Å². The van der Waals surface area contributed by atoms with Crippen LogP contribution in [0.4, 0.5) is 5.69 Å². The highest BCUT2D eigenvalue weighted by atomic mass is 35.5. The predicted octanol–water partition coefficient (Wildman–Crippen LogP) is 4.81. The fraction of sp³-hybridized carbons (Fsp3) is 0.118. The lowest BCUT2D eigenvalue weighted by Gasteiger charge is -2.12. The fourth-order valence-corrected chi connectivity index (χ4v) is 2.64. The first-order valence-electron chi connectivity index (χ1n) is 6.57. The number of hydrogen-bond acceptors (Lipinski definition) is 2. The number of fused-ring (bicyclic) bond motifs is 1. The van der Waals surface area contributed by atoms with Crippen LogP contribution in [0.1, 0.15) is 11.1 Å². The summed E-state index contributed by atoms with van der Waals surface area (Å²) in [6.45, 7) is 2.78. The highest BCUT2D eigenvalue weighted by molar-refractivity contribution is 6.33. The van der Waals surface area contributed by atoms with Gasteiger partial charge in [0.2, 0.25) is 0 Å². The Morgan fingerprint density at radius 1 is 1.05 bits per heavy atom. The maximum atomic E-state index is 6.24. The van der Waals surface area contributed by atoms with Crippen molar-refractivity contribution >= 4 is 28.2 Å². The van der Waals surface area contributed by atoms with E-state index >= 15 is 0 Å². The molecule has 2 nitrogen and oxygen atoms in total. The molecule has 20 heavy (non-hydrogen) atoms. The molecular weight excluding hydrogens is 268 g/mol. The van der Waals surface area contributed by atoms with E-state index in [1.807, 2.05) is 42.6 Å².